The highest BCUT2D eigenvalue weighted by Crippen LogP contribution is 2.51. The molecule has 22 heavy (non-hydrogen) atoms. The van der Waals surface area contributed by atoms with Crippen molar-refractivity contribution in [3.05, 3.63) is 71.7 Å². The first-order valence-corrected chi connectivity index (χ1v) is 7.98. The van der Waals surface area contributed by atoms with Gasteiger partial charge in [-0.25, -0.2) is 9.97 Å². The van der Waals surface area contributed by atoms with Gasteiger partial charge in [0.25, 0.3) is 0 Å². The molecule has 1 fully saturated rings. The summed E-state index contributed by atoms with van der Waals surface area (Å²) >= 11 is 0. The van der Waals surface area contributed by atoms with Crippen LogP contribution < -0.4 is 0 Å². The van der Waals surface area contributed by atoms with Crippen LogP contribution in [0, 0.1) is 12.8 Å². The van der Waals surface area contributed by atoms with Crippen LogP contribution in [0.1, 0.15) is 36.8 Å². The molecule has 4 rings (SSSR count). The number of rotatable bonds is 2. The molecule has 0 radical (unpaired) electrons. The maximum Gasteiger partial charge on any atom is 0.139 e. The van der Waals surface area contributed by atoms with Crippen molar-refractivity contribution in [2.75, 3.05) is 0 Å². The van der Waals surface area contributed by atoms with Crippen molar-refractivity contribution in [1.82, 2.24) is 9.97 Å². The van der Waals surface area contributed by atoms with Crippen LogP contribution in [0.3, 0.4) is 0 Å². The van der Waals surface area contributed by atoms with E-state index in [4.69, 9.17) is 9.97 Å². The lowest BCUT2D eigenvalue weighted by atomic mass is 9.58. The summed E-state index contributed by atoms with van der Waals surface area (Å²) < 4.78 is 0. The lowest BCUT2D eigenvalue weighted by Crippen LogP contribution is -2.42. The number of aryl methyl sites for hydroxylation is 1. The van der Waals surface area contributed by atoms with Gasteiger partial charge in [-0.05, 0) is 37.3 Å². The van der Waals surface area contributed by atoms with Crippen LogP contribution in [-0.4, -0.2) is 9.97 Å². The average Bonchev–Trinajstić information content (AvgIpc) is 2.52. The van der Waals surface area contributed by atoms with Gasteiger partial charge in [-0.2, -0.15) is 0 Å². The Bertz CT molecular complexity index is 817. The second-order valence-corrected chi connectivity index (χ2v) is 6.61. The van der Waals surface area contributed by atoms with Crippen LogP contribution in [0.2, 0.25) is 0 Å². The molecule has 2 heteroatoms. The summed E-state index contributed by atoms with van der Waals surface area (Å²) in [7, 11) is 0. The molecule has 1 saturated carbocycles. The summed E-state index contributed by atoms with van der Waals surface area (Å²) in [5.41, 5.74) is 3.48. The molecule has 0 amide bonds. The second kappa shape index (κ2) is 4.91. The highest BCUT2D eigenvalue weighted by Gasteiger charge is 2.47. The molecule has 0 bridgehead atoms. The Morgan fingerprint density at radius 3 is 2.32 bits per heavy atom. The number of fused-ring (bicyclic) bond motifs is 1. The minimum absolute atomic E-state index is 0.00450. The maximum atomic E-state index is 4.93. The van der Waals surface area contributed by atoms with Crippen LogP contribution in [0.25, 0.3) is 10.9 Å². The van der Waals surface area contributed by atoms with Crippen LogP contribution >= 0.6 is 0 Å². The zero-order valence-electron chi connectivity index (χ0n) is 13.1. The number of hydrogen-bond acceptors (Lipinski definition) is 2. The van der Waals surface area contributed by atoms with Crippen molar-refractivity contribution in [1.29, 1.82) is 0 Å². The molecule has 1 aliphatic rings. The van der Waals surface area contributed by atoms with E-state index in [-0.39, 0.29) is 5.41 Å². The Balaban J connectivity index is 1.91. The smallest absolute Gasteiger partial charge is 0.139 e. The van der Waals surface area contributed by atoms with E-state index in [1.54, 1.807) is 0 Å². The topological polar surface area (TPSA) is 25.8 Å². The number of benzene rings is 2. The van der Waals surface area contributed by atoms with Crippen molar-refractivity contribution < 1.29 is 0 Å². The summed E-state index contributed by atoms with van der Waals surface area (Å²) in [4.78, 5) is 9.83. The number of hydrogen-bond donors (Lipinski definition) is 0. The molecule has 0 spiro atoms. The third-order valence-electron chi connectivity index (χ3n) is 4.94. The van der Waals surface area contributed by atoms with Gasteiger partial charge in [0.2, 0.25) is 0 Å². The first kappa shape index (κ1) is 13.4. The van der Waals surface area contributed by atoms with Gasteiger partial charge in [-0.15, -0.1) is 0 Å². The van der Waals surface area contributed by atoms with Crippen LogP contribution in [0.15, 0.2) is 54.6 Å². The van der Waals surface area contributed by atoms with E-state index >= 15 is 0 Å². The van der Waals surface area contributed by atoms with Crippen LogP contribution in [0.5, 0.6) is 0 Å². The Labute approximate surface area is 131 Å². The van der Waals surface area contributed by atoms with Crippen molar-refractivity contribution in [3.63, 3.8) is 0 Å². The quantitative estimate of drug-likeness (QED) is 0.685. The number of aromatic nitrogens is 2. The van der Waals surface area contributed by atoms with E-state index in [0.717, 1.165) is 41.2 Å². The monoisotopic (exact) mass is 288 g/mol. The highest BCUT2D eigenvalue weighted by molar-refractivity contribution is 5.80. The fourth-order valence-corrected chi connectivity index (χ4v) is 3.88. The van der Waals surface area contributed by atoms with Gasteiger partial charge in [-0.3, -0.25) is 0 Å². The molecule has 0 saturated heterocycles. The predicted octanol–water partition coefficient (Wildman–Crippen LogP) is 4.65. The molecule has 2 nitrogen and oxygen atoms in total. The largest absolute Gasteiger partial charge is 0.237 e. The van der Waals surface area contributed by atoms with Gasteiger partial charge in [0, 0.05) is 11.1 Å². The molecule has 1 aliphatic carbocycles. The Morgan fingerprint density at radius 1 is 0.909 bits per heavy atom. The van der Waals surface area contributed by atoms with Crippen LogP contribution in [0.4, 0.5) is 0 Å². The first-order valence-electron chi connectivity index (χ1n) is 7.98. The third-order valence-corrected chi connectivity index (χ3v) is 4.94. The van der Waals surface area contributed by atoms with Crippen molar-refractivity contribution in [2.45, 2.75) is 32.1 Å². The minimum Gasteiger partial charge on any atom is -0.237 e. The third kappa shape index (κ3) is 1.94. The maximum absolute atomic E-state index is 4.93. The summed E-state index contributed by atoms with van der Waals surface area (Å²) in [6.45, 7) is 4.41. The average molecular weight is 288 g/mol. The predicted molar refractivity (Wildman–Crippen MR) is 89.9 cm³/mol. The van der Waals surface area contributed by atoms with Gasteiger partial charge >= 0.3 is 0 Å². The number of para-hydroxylation sites is 1. The Kier molecular flexibility index (Phi) is 3.00. The van der Waals surface area contributed by atoms with Gasteiger partial charge in [0.05, 0.1) is 10.9 Å². The molecule has 0 N–H and O–H groups in total. The van der Waals surface area contributed by atoms with Crippen molar-refractivity contribution >= 4 is 10.9 Å². The van der Waals surface area contributed by atoms with Gasteiger partial charge < -0.3 is 0 Å². The van der Waals surface area contributed by atoms with E-state index in [9.17, 15) is 0 Å². The molecular weight excluding hydrogens is 268 g/mol. The standard InChI is InChI=1S/C20H20N2/c1-14-12-20(13-14,16-8-4-3-5-9-16)19-21-15(2)17-10-6-7-11-18(17)22-19/h3-11,14H,12-13H2,1-2H3/t14-,20-. The lowest BCUT2D eigenvalue weighted by molar-refractivity contribution is 0.190. The highest BCUT2D eigenvalue weighted by atomic mass is 14.9. The summed E-state index contributed by atoms with van der Waals surface area (Å²) in [5, 5.41) is 1.15. The van der Waals surface area contributed by atoms with E-state index in [2.05, 4.69) is 68.4 Å². The Hall–Kier alpha value is -2.22. The van der Waals surface area contributed by atoms with E-state index in [0.29, 0.717) is 0 Å². The number of nitrogens with zero attached hydrogens (tertiary/aromatic N) is 2. The Morgan fingerprint density at radius 2 is 1.59 bits per heavy atom. The van der Waals surface area contributed by atoms with Gasteiger partial charge in [0.1, 0.15) is 5.82 Å². The molecule has 110 valence electrons. The summed E-state index contributed by atoms with van der Waals surface area (Å²) in [6.07, 6.45) is 2.27. The van der Waals surface area contributed by atoms with Gasteiger partial charge in [0.15, 0.2) is 0 Å². The molecule has 0 aliphatic heterocycles. The van der Waals surface area contributed by atoms with Crippen molar-refractivity contribution in [3.8, 4) is 0 Å². The summed E-state index contributed by atoms with van der Waals surface area (Å²) in [5.74, 6) is 1.73. The van der Waals surface area contributed by atoms with Gasteiger partial charge in [-0.1, -0.05) is 55.5 Å². The first-order chi connectivity index (χ1) is 10.7. The summed E-state index contributed by atoms with van der Waals surface area (Å²) in [6, 6.07) is 19.1. The normalized spacial score (nSPS) is 24.2. The fraction of sp³-hybridized carbons (Fsp3) is 0.300. The molecular formula is C20H20N2. The van der Waals surface area contributed by atoms with Crippen LogP contribution in [-0.2, 0) is 5.41 Å². The zero-order valence-corrected chi connectivity index (χ0v) is 13.1. The molecule has 0 unspecified atom stereocenters. The zero-order chi connectivity index (χ0) is 15.2. The van der Waals surface area contributed by atoms with Crippen molar-refractivity contribution in [2.24, 2.45) is 5.92 Å². The molecule has 1 aromatic heterocycles. The second-order valence-electron chi connectivity index (χ2n) is 6.61. The van der Waals surface area contributed by atoms with E-state index in [1.165, 1.54) is 5.56 Å². The lowest BCUT2D eigenvalue weighted by Gasteiger charge is -2.46. The molecule has 0 atom stereocenters. The minimum atomic E-state index is -0.00450. The molecule has 2 aromatic carbocycles. The fourth-order valence-electron chi connectivity index (χ4n) is 3.88. The van der Waals surface area contributed by atoms with E-state index in [1.807, 2.05) is 0 Å². The van der Waals surface area contributed by atoms with E-state index < -0.39 is 0 Å². The SMILES string of the molecule is Cc1nc([C@]2(c3ccccc3)C[C@@H](C)C2)nc2ccccc12. The molecule has 3 aromatic rings. The molecule has 1 heterocycles.